The van der Waals surface area contributed by atoms with Crippen molar-refractivity contribution in [3.05, 3.63) is 67.9 Å². The summed E-state index contributed by atoms with van der Waals surface area (Å²) in [6.07, 6.45) is 1.61. The van der Waals surface area contributed by atoms with Gasteiger partial charge in [0.15, 0.2) is 5.75 Å². The van der Waals surface area contributed by atoms with Crippen LogP contribution in [-0.2, 0) is 4.74 Å². The van der Waals surface area contributed by atoms with Gasteiger partial charge >= 0.3 is 0 Å². The summed E-state index contributed by atoms with van der Waals surface area (Å²) in [5, 5.41) is 18.9. The quantitative estimate of drug-likeness (QED) is 0.327. The molecule has 168 valence electrons. The number of furan rings is 1. The summed E-state index contributed by atoms with van der Waals surface area (Å²) in [5.41, 5.74) is -1.77. The molecule has 1 aliphatic heterocycles. The Labute approximate surface area is 184 Å². The second-order valence-corrected chi connectivity index (χ2v) is 8.10. The highest BCUT2D eigenvalue weighted by Crippen LogP contribution is 2.41. The first-order valence-electron chi connectivity index (χ1n) is 10.4. The number of aryl methyl sites for hydroxylation is 1. The summed E-state index contributed by atoms with van der Waals surface area (Å²) in [6, 6.07) is 7.66. The van der Waals surface area contributed by atoms with Gasteiger partial charge in [-0.15, -0.1) is 0 Å². The van der Waals surface area contributed by atoms with Crippen molar-refractivity contribution in [1.82, 2.24) is 5.32 Å². The lowest BCUT2D eigenvalue weighted by atomic mass is 9.90. The first kappa shape index (κ1) is 21.6. The lowest BCUT2D eigenvalue weighted by Crippen LogP contribution is -2.42. The molecule has 2 heterocycles. The third kappa shape index (κ3) is 3.64. The Morgan fingerprint density at radius 3 is 2.53 bits per heavy atom. The minimum atomic E-state index is -0.718. The fourth-order valence-electron chi connectivity index (χ4n) is 4.05. The number of aromatic hydroxyl groups is 1. The Hall–Kier alpha value is -3.59. The van der Waals surface area contributed by atoms with Crippen LogP contribution >= 0.6 is 0 Å². The number of carbonyl (C=O) groups excluding carboxylic acids is 1. The number of rotatable bonds is 7. The van der Waals surface area contributed by atoms with E-state index in [1.54, 1.807) is 6.07 Å². The van der Waals surface area contributed by atoms with E-state index in [4.69, 9.17) is 9.15 Å². The first-order valence-corrected chi connectivity index (χ1v) is 10.4. The van der Waals surface area contributed by atoms with Gasteiger partial charge in [0, 0.05) is 13.7 Å². The van der Waals surface area contributed by atoms with Crippen LogP contribution in [0.3, 0.4) is 0 Å². The molecular weight excluding hydrogens is 414 g/mol. The minimum absolute atomic E-state index is 0.00855. The van der Waals surface area contributed by atoms with Gasteiger partial charge in [-0.1, -0.05) is 6.07 Å². The van der Waals surface area contributed by atoms with Gasteiger partial charge in [0.2, 0.25) is 0 Å². The van der Waals surface area contributed by atoms with E-state index in [1.807, 2.05) is 26.0 Å². The van der Waals surface area contributed by atoms with Crippen molar-refractivity contribution in [2.24, 2.45) is 0 Å². The van der Waals surface area contributed by atoms with E-state index in [9.17, 15) is 19.5 Å². The van der Waals surface area contributed by atoms with Gasteiger partial charge in [0.05, 0.1) is 16.9 Å². The van der Waals surface area contributed by atoms with Crippen LogP contribution in [0.25, 0.3) is 0 Å². The third-order valence-electron chi connectivity index (χ3n) is 5.87. The van der Waals surface area contributed by atoms with Gasteiger partial charge in [-0.2, -0.15) is 0 Å². The Bertz CT molecular complexity index is 1230. The van der Waals surface area contributed by atoms with Crippen LogP contribution in [0.2, 0.25) is 0 Å². The van der Waals surface area contributed by atoms with Crippen molar-refractivity contribution in [1.29, 1.82) is 0 Å². The SMILES string of the molecule is CNC(=O)c1cccc(Nc2c(NC(c3ccc(C)o3)C3(C)CCCO3)c(=O)c2=O)c1O. The average molecular weight is 439 g/mol. The highest BCUT2D eigenvalue weighted by Gasteiger charge is 2.42. The molecule has 9 nitrogen and oxygen atoms in total. The smallest absolute Gasteiger partial charge is 0.254 e. The molecule has 2 aromatic carbocycles. The summed E-state index contributed by atoms with van der Waals surface area (Å²) < 4.78 is 11.8. The standard InChI is InChI=1S/C23H25N3O6/c1-12-8-9-15(32-12)21(23(2)10-5-11-31-23)26-17-16(19(28)20(17)29)25-14-7-4-6-13(18(14)27)22(30)24-3/h4,6-9,21,25-27H,5,10-11H2,1-3H3,(H,24,30). The molecule has 0 spiro atoms. The number of amides is 1. The van der Waals surface area contributed by atoms with Gasteiger partial charge in [-0.25, -0.2) is 0 Å². The molecule has 9 heteroatoms. The number of ether oxygens (including phenoxy) is 1. The van der Waals surface area contributed by atoms with Crippen molar-refractivity contribution >= 4 is 23.0 Å². The van der Waals surface area contributed by atoms with Gasteiger partial charge in [-0.3, -0.25) is 14.4 Å². The zero-order valence-electron chi connectivity index (χ0n) is 18.1. The number of hydrogen-bond acceptors (Lipinski definition) is 8. The number of benzene rings is 1. The van der Waals surface area contributed by atoms with Crippen molar-refractivity contribution in [2.75, 3.05) is 24.3 Å². The van der Waals surface area contributed by atoms with Crippen molar-refractivity contribution < 1.29 is 19.1 Å². The number of phenols is 1. The highest BCUT2D eigenvalue weighted by atomic mass is 16.5. The summed E-state index contributed by atoms with van der Waals surface area (Å²) in [7, 11) is 1.45. The maximum atomic E-state index is 12.5. The highest BCUT2D eigenvalue weighted by molar-refractivity contribution is 5.99. The fourth-order valence-corrected chi connectivity index (χ4v) is 4.05. The lowest BCUT2D eigenvalue weighted by molar-refractivity contribution is -0.00120. The average Bonchev–Trinajstić information content (AvgIpc) is 3.42. The van der Waals surface area contributed by atoms with Crippen LogP contribution in [0.4, 0.5) is 17.1 Å². The number of hydrogen-bond donors (Lipinski definition) is 4. The molecule has 2 atom stereocenters. The number of anilines is 3. The molecule has 1 fully saturated rings. The molecule has 0 radical (unpaired) electrons. The molecule has 0 bridgehead atoms. The van der Waals surface area contributed by atoms with Crippen LogP contribution < -0.4 is 26.8 Å². The summed E-state index contributed by atoms with van der Waals surface area (Å²) in [6.45, 7) is 4.35. The van der Waals surface area contributed by atoms with E-state index in [-0.39, 0.29) is 28.4 Å². The number of nitrogens with one attached hydrogen (secondary N) is 3. The van der Waals surface area contributed by atoms with Gasteiger partial charge in [-0.05, 0) is 51.0 Å². The minimum Gasteiger partial charge on any atom is -0.505 e. The molecule has 3 aromatic rings. The molecule has 4 N–H and O–H groups in total. The molecule has 0 aliphatic carbocycles. The van der Waals surface area contributed by atoms with E-state index in [1.165, 1.54) is 19.2 Å². The topological polar surface area (TPSA) is 130 Å². The summed E-state index contributed by atoms with van der Waals surface area (Å²) in [5.74, 6) is 0.507. The fraction of sp³-hybridized carbons (Fsp3) is 0.348. The van der Waals surface area contributed by atoms with Crippen LogP contribution in [0.5, 0.6) is 5.75 Å². The molecule has 32 heavy (non-hydrogen) atoms. The zero-order valence-corrected chi connectivity index (χ0v) is 18.1. The number of para-hydroxylation sites is 1. The second-order valence-electron chi connectivity index (χ2n) is 8.10. The number of carbonyl (C=O) groups is 1. The van der Waals surface area contributed by atoms with Crippen LogP contribution in [0.15, 0.2) is 44.3 Å². The molecule has 1 aromatic heterocycles. The van der Waals surface area contributed by atoms with E-state index in [0.29, 0.717) is 18.1 Å². The number of phenolic OH excluding ortho intramolecular Hbond substituents is 1. The molecule has 4 rings (SSSR count). The van der Waals surface area contributed by atoms with E-state index < -0.39 is 28.4 Å². The largest absolute Gasteiger partial charge is 0.505 e. The lowest BCUT2D eigenvalue weighted by Gasteiger charge is -2.34. The predicted molar refractivity (Wildman–Crippen MR) is 120 cm³/mol. The molecule has 1 saturated heterocycles. The molecule has 0 saturated carbocycles. The van der Waals surface area contributed by atoms with Gasteiger partial charge < -0.3 is 30.2 Å². The zero-order chi connectivity index (χ0) is 23.0. The van der Waals surface area contributed by atoms with Crippen LogP contribution in [0.1, 0.15) is 47.7 Å². The Balaban J connectivity index is 1.68. The van der Waals surface area contributed by atoms with Gasteiger partial charge in [0.25, 0.3) is 16.8 Å². The third-order valence-corrected chi connectivity index (χ3v) is 5.87. The molecular formula is C23H25N3O6. The van der Waals surface area contributed by atoms with Crippen molar-refractivity contribution in [2.45, 2.75) is 38.3 Å². The van der Waals surface area contributed by atoms with E-state index >= 15 is 0 Å². The molecule has 1 amide bonds. The van der Waals surface area contributed by atoms with Gasteiger partial charge in [0.1, 0.15) is 28.9 Å². The van der Waals surface area contributed by atoms with E-state index in [2.05, 4.69) is 16.0 Å². The Morgan fingerprint density at radius 1 is 1.16 bits per heavy atom. The summed E-state index contributed by atoms with van der Waals surface area (Å²) >= 11 is 0. The monoisotopic (exact) mass is 439 g/mol. The Morgan fingerprint density at radius 2 is 1.91 bits per heavy atom. The predicted octanol–water partition coefficient (Wildman–Crippen LogP) is 2.72. The normalized spacial score (nSPS) is 19.1. The van der Waals surface area contributed by atoms with Crippen LogP contribution in [-0.4, -0.2) is 30.3 Å². The summed E-state index contributed by atoms with van der Waals surface area (Å²) in [4.78, 5) is 36.8. The molecule has 1 aliphatic rings. The van der Waals surface area contributed by atoms with Crippen LogP contribution in [0, 0.1) is 6.92 Å². The Kier molecular flexibility index (Phi) is 5.52. The maximum absolute atomic E-state index is 12.5. The van der Waals surface area contributed by atoms with Crippen molar-refractivity contribution in [3.8, 4) is 5.75 Å². The second kappa shape index (κ2) is 8.16. The van der Waals surface area contributed by atoms with E-state index in [0.717, 1.165) is 12.8 Å². The maximum Gasteiger partial charge on any atom is 0.254 e. The first-order chi connectivity index (χ1) is 15.2. The van der Waals surface area contributed by atoms with Crippen molar-refractivity contribution in [3.63, 3.8) is 0 Å². The molecule has 2 unspecified atom stereocenters.